The molecule has 134 valence electrons. The second-order valence-electron chi connectivity index (χ2n) is 6.77. The highest BCUT2D eigenvalue weighted by Crippen LogP contribution is 2.50. The van der Waals surface area contributed by atoms with Gasteiger partial charge in [-0.05, 0) is 60.7 Å². The molecule has 0 unspecified atom stereocenters. The molecule has 0 spiro atoms. The van der Waals surface area contributed by atoms with Crippen LogP contribution < -0.4 is 10.1 Å². The van der Waals surface area contributed by atoms with Gasteiger partial charge < -0.3 is 14.8 Å². The molecule has 2 aliphatic rings. The van der Waals surface area contributed by atoms with Crippen LogP contribution in [-0.2, 0) is 4.74 Å². The molecule has 4 nitrogen and oxygen atoms in total. The van der Waals surface area contributed by atoms with E-state index in [0.29, 0.717) is 24.0 Å². The number of carbonyl (C=O) groups excluding carboxylic acids is 1. The lowest BCUT2D eigenvalue weighted by molar-refractivity contribution is 0.0600. The number of allylic oxidation sites excluding steroid dienone is 2. The van der Waals surface area contributed by atoms with Crippen LogP contribution in [0.25, 0.3) is 0 Å². The first kappa shape index (κ1) is 16.7. The Bertz CT molecular complexity index is 841. The largest absolute Gasteiger partial charge is 0.494 e. The van der Waals surface area contributed by atoms with E-state index < -0.39 is 0 Å². The average molecular weight is 349 g/mol. The number of carbonyl (C=O) groups is 1. The molecule has 1 aliphatic heterocycles. The van der Waals surface area contributed by atoms with E-state index in [0.717, 1.165) is 17.9 Å². The van der Waals surface area contributed by atoms with E-state index in [2.05, 4.69) is 29.6 Å². The third kappa shape index (κ3) is 2.85. The Morgan fingerprint density at radius 1 is 1.19 bits per heavy atom. The summed E-state index contributed by atoms with van der Waals surface area (Å²) in [5, 5.41) is 3.70. The molecule has 0 aromatic heterocycles. The molecule has 3 atom stereocenters. The molecule has 26 heavy (non-hydrogen) atoms. The number of ether oxygens (including phenoxy) is 2. The minimum Gasteiger partial charge on any atom is -0.494 e. The standard InChI is InChI=1S/C22H23NO3/c1-3-26-16-11-12-20-19(13-16)17-5-4-6-18(17)21(23-20)14-7-9-15(10-8-14)22(24)25-2/h4-5,7-13,17-18,21,23H,3,6H2,1-2H3/t17-,18-,21-/m1/s1. The van der Waals surface area contributed by atoms with Crippen LogP contribution in [-0.4, -0.2) is 19.7 Å². The van der Waals surface area contributed by atoms with Gasteiger partial charge in [0.2, 0.25) is 0 Å². The molecule has 0 radical (unpaired) electrons. The number of nitrogens with one attached hydrogen (secondary N) is 1. The highest BCUT2D eigenvalue weighted by Gasteiger charge is 2.38. The van der Waals surface area contributed by atoms with Crippen LogP contribution in [0.4, 0.5) is 5.69 Å². The zero-order valence-electron chi connectivity index (χ0n) is 15.1. The first-order valence-electron chi connectivity index (χ1n) is 9.09. The predicted octanol–water partition coefficient (Wildman–Crippen LogP) is 4.70. The molecular weight excluding hydrogens is 326 g/mol. The van der Waals surface area contributed by atoms with Gasteiger partial charge >= 0.3 is 5.97 Å². The summed E-state index contributed by atoms with van der Waals surface area (Å²) in [4.78, 5) is 11.7. The fourth-order valence-electron chi connectivity index (χ4n) is 4.10. The summed E-state index contributed by atoms with van der Waals surface area (Å²) in [5.41, 5.74) is 4.23. The van der Waals surface area contributed by atoms with Crippen LogP contribution in [0, 0.1) is 5.92 Å². The highest BCUT2D eigenvalue weighted by atomic mass is 16.5. The lowest BCUT2D eigenvalue weighted by atomic mass is 9.77. The van der Waals surface area contributed by atoms with E-state index in [1.165, 1.54) is 18.2 Å². The van der Waals surface area contributed by atoms with Crippen molar-refractivity contribution in [1.82, 2.24) is 0 Å². The number of fused-ring (bicyclic) bond motifs is 3. The van der Waals surface area contributed by atoms with E-state index in [4.69, 9.17) is 9.47 Å². The molecule has 2 aromatic carbocycles. The first-order valence-corrected chi connectivity index (χ1v) is 9.09. The van der Waals surface area contributed by atoms with E-state index >= 15 is 0 Å². The number of esters is 1. The van der Waals surface area contributed by atoms with Gasteiger partial charge in [-0.15, -0.1) is 0 Å². The number of hydrogen-bond donors (Lipinski definition) is 1. The van der Waals surface area contributed by atoms with Gasteiger partial charge in [-0.1, -0.05) is 24.3 Å². The van der Waals surface area contributed by atoms with Gasteiger partial charge in [-0.2, -0.15) is 0 Å². The fourth-order valence-corrected chi connectivity index (χ4v) is 4.10. The maximum atomic E-state index is 11.7. The van der Waals surface area contributed by atoms with Crippen molar-refractivity contribution in [2.75, 3.05) is 19.0 Å². The van der Waals surface area contributed by atoms with Gasteiger partial charge in [0.05, 0.1) is 25.3 Å². The lowest BCUT2D eigenvalue weighted by Crippen LogP contribution is -2.29. The Hall–Kier alpha value is -2.75. The molecule has 1 N–H and O–H groups in total. The Morgan fingerprint density at radius 2 is 2.00 bits per heavy atom. The van der Waals surface area contributed by atoms with Gasteiger partial charge in [-0.3, -0.25) is 0 Å². The summed E-state index contributed by atoms with van der Waals surface area (Å²) >= 11 is 0. The number of anilines is 1. The van der Waals surface area contributed by atoms with E-state index in [1.54, 1.807) is 0 Å². The number of benzene rings is 2. The normalized spacial score (nSPS) is 22.9. The number of rotatable bonds is 4. The Kier molecular flexibility index (Phi) is 4.41. The molecular formula is C22H23NO3. The Labute approximate surface area is 153 Å². The summed E-state index contributed by atoms with van der Waals surface area (Å²) in [7, 11) is 1.40. The minimum atomic E-state index is -0.303. The van der Waals surface area contributed by atoms with Gasteiger partial charge in [0, 0.05) is 11.6 Å². The first-order chi connectivity index (χ1) is 12.7. The van der Waals surface area contributed by atoms with Crippen LogP contribution in [0.1, 0.15) is 46.8 Å². The van der Waals surface area contributed by atoms with Crippen LogP contribution >= 0.6 is 0 Å². The summed E-state index contributed by atoms with van der Waals surface area (Å²) in [6, 6.07) is 14.2. The van der Waals surface area contributed by atoms with Crippen molar-refractivity contribution >= 4 is 11.7 Å². The molecule has 0 bridgehead atoms. The van der Waals surface area contributed by atoms with Crippen LogP contribution in [0.2, 0.25) is 0 Å². The number of methoxy groups -OCH3 is 1. The van der Waals surface area contributed by atoms with Crippen molar-refractivity contribution in [2.24, 2.45) is 5.92 Å². The SMILES string of the molecule is CCOc1ccc2c(c1)[C@@H]1C=CC[C@H]1[C@@H](c1ccc(C(=O)OC)cc1)N2. The van der Waals surface area contributed by atoms with Gasteiger partial charge in [0.15, 0.2) is 0 Å². The van der Waals surface area contributed by atoms with E-state index in [-0.39, 0.29) is 12.0 Å². The van der Waals surface area contributed by atoms with Crippen molar-refractivity contribution in [1.29, 1.82) is 0 Å². The zero-order chi connectivity index (χ0) is 18.1. The second kappa shape index (κ2) is 6.87. The van der Waals surface area contributed by atoms with Crippen molar-refractivity contribution in [3.63, 3.8) is 0 Å². The fraction of sp³-hybridized carbons (Fsp3) is 0.318. The minimum absolute atomic E-state index is 0.215. The third-order valence-corrected chi connectivity index (χ3v) is 5.34. The molecule has 1 aliphatic carbocycles. The van der Waals surface area contributed by atoms with E-state index in [1.807, 2.05) is 37.3 Å². The summed E-state index contributed by atoms with van der Waals surface area (Å²) < 4.78 is 10.5. The zero-order valence-corrected chi connectivity index (χ0v) is 15.1. The molecule has 0 amide bonds. The topological polar surface area (TPSA) is 47.6 Å². The van der Waals surface area contributed by atoms with Crippen molar-refractivity contribution in [3.05, 3.63) is 71.3 Å². The molecule has 2 aromatic rings. The second-order valence-corrected chi connectivity index (χ2v) is 6.77. The van der Waals surface area contributed by atoms with Crippen LogP contribution in [0.5, 0.6) is 5.75 Å². The summed E-state index contributed by atoms with van der Waals surface area (Å²) in [6.07, 6.45) is 5.63. The van der Waals surface area contributed by atoms with Crippen molar-refractivity contribution in [2.45, 2.75) is 25.3 Å². The van der Waals surface area contributed by atoms with Gasteiger partial charge in [0.25, 0.3) is 0 Å². The number of hydrogen-bond acceptors (Lipinski definition) is 4. The van der Waals surface area contributed by atoms with E-state index in [9.17, 15) is 4.79 Å². The summed E-state index contributed by atoms with van der Waals surface area (Å²) in [5.74, 6) is 1.47. The quantitative estimate of drug-likeness (QED) is 0.642. The smallest absolute Gasteiger partial charge is 0.337 e. The monoisotopic (exact) mass is 349 g/mol. The molecule has 4 heteroatoms. The molecule has 1 heterocycles. The summed E-state index contributed by atoms with van der Waals surface area (Å²) in [6.45, 7) is 2.68. The van der Waals surface area contributed by atoms with Crippen LogP contribution in [0.15, 0.2) is 54.6 Å². The van der Waals surface area contributed by atoms with Gasteiger partial charge in [0.1, 0.15) is 5.75 Å². The molecule has 0 saturated heterocycles. The highest BCUT2D eigenvalue weighted by molar-refractivity contribution is 5.89. The van der Waals surface area contributed by atoms with Gasteiger partial charge in [-0.25, -0.2) is 4.79 Å². The maximum Gasteiger partial charge on any atom is 0.337 e. The van der Waals surface area contributed by atoms with Crippen LogP contribution in [0.3, 0.4) is 0 Å². The molecule has 0 fully saturated rings. The van der Waals surface area contributed by atoms with Crippen molar-refractivity contribution < 1.29 is 14.3 Å². The predicted molar refractivity (Wildman–Crippen MR) is 102 cm³/mol. The Morgan fingerprint density at radius 3 is 2.73 bits per heavy atom. The third-order valence-electron chi connectivity index (χ3n) is 5.34. The maximum absolute atomic E-state index is 11.7. The average Bonchev–Trinajstić information content (AvgIpc) is 3.17. The molecule has 4 rings (SSSR count). The van der Waals surface area contributed by atoms with Crippen molar-refractivity contribution in [3.8, 4) is 5.75 Å². The Balaban J connectivity index is 1.66. The lowest BCUT2D eigenvalue weighted by Gasteiger charge is -2.37. The molecule has 0 saturated carbocycles.